The zero-order valence-electron chi connectivity index (χ0n) is 11.8. The number of rotatable bonds is 3. The molecule has 0 radical (unpaired) electrons. The highest BCUT2D eigenvalue weighted by molar-refractivity contribution is 9.10. The molecule has 0 aromatic heterocycles. The van der Waals surface area contributed by atoms with Gasteiger partial charge in [-0.2, -0.15) is 13.2 Å². The summed E-state index contributed by atoms with van der Waals surface area (Å²) in [6.07, 6.45) is -1.36. The van der Waals surface area contributed by atoms with Crippen LogP contribution in [0.15, 0.2) is 22.7 Å². The largest absolute Gasteiger partial charge is 0.418 e. The lowest BCUT2D eigenvalue weighted by atomic mass is 9.79. The summed E-state index contributed by atoms with van der Waals surface area (Å²) in [6, 6.07) is 4.00. The van der Waals surface area contributed by atoms with Crippen LogP contribution in [0, 0.1) is 5.92 Å². The predicted molar refractivity (Wildman–Crippen MR) is 80.2 cm³/mol. The van der Waals surface area contributed by atoms with E-state index in [9.17, 15) is 18.3 Å². The SMILES string of the molecule is CC1CCC(O)(CNc2ccc(Br)cc2C(F)(F)F)CC1. The maximum atomic E-state index is 13.0. The van der Waals surface area contributed by atoms with Crippen LogP contribution in [0.2, 0.25) is 0 Å². The minimum absolute atomic E-state index is 0.0118. The average Bonchev–Trinajstić information content (AvgIpc) is 2.40. The number of aliphatic hydroxyl groups is 1. The minimum atomic E-state index is -4.42. The van der Waals surface area contributed by atoms with Crippen molar-refractivity contribution in [2.75, 3.05) is 11.9 Å². The van der Waals surface area contributed by atoms with Gasteiger partial charge in [-0.1, -0.05) is 22.9 Å². The van der Waals surface area contributed by atoms with Gasteiger partial charge < -0.3 is 10.4 Å². The molecule has 21 heavy (non-hydrogen) atoms. The Kier molecular flexibility index (Phi) is 4.88. The van der Waals surface area contributed by atoms with Crippen LogP contribution in [-0.4, -0.2) is 17.3 Å². The Labute approximate surface area is 130 Å². The smallest absolute Gasteiger partial charge is 0.388 e. The molecule has 1 aromatic rings. The Morgan fingerprint density at radius 1 is 1.33 bits per heavy atom. The molecule has 2 nitrogen and oxygen atoms in total. The van der Waals surface area contributed by atoms with Crippen molar-refractivity contribution < 1.29 is 18.3 Å². The van der Waals surface area contributed by atoms with Gasteiger partial charge in [0.2, 0.25) is 0 Å². The third-order valence-corrected chi connectivity index (χ3v) is 4.59. The molecule has 0 bridgehead atoms. The van der Waals surface area contributed by atoms with Crippen molar-refractivity contribution in [1.82, 2.24) is 0 Å². The number of nitrogens with one attached hydrogen (secondary N) is 1. The Hall–Kier alpha value is -0.750. The van der Waals surface area contributed by atoms with Crippen LogP contribution >= 0.6 is 15.9 Å². The van der Waals surface area contributed by atoms with Crippen molar-refractivity contribution in [3.05, 3.63) is 28.2 Å². The lowest BCUT2D eigenvalue weighted by molar-refractivity contribution is -0.137. The number of alkyl halides is 3. The van der Waals surface area contributed by atoms with E-state index in [2.05, 4.69) is 28.2 Å². The van der Waals surface area contributed by atoms with Crippen LogP contribution in [0.5, 0.6) is 0 Å². The summed E-state index contributed by atoms with van der Waals surface area (Å²) in [5, 5.41) is 13.2. The van der Waals surface area contributed by atoms with E-state index in [1.807, 2.05) is 0 Å². The van der Waals surface area contributed by atoms with Gasteiger partial charge >= 0.3 is 6.18 Å². The highest BCUT2D eigenvalue weighted by Gasteiger charge is 2.35. The van der Waals surface area contributed by atoms with Crippen molar-refractivity contribution >= 4 is 21.6 Å². The molecule has 2 rings (SSSR count). The molecule has 0 saturated heterocycles. The van der Waals surface area contributed by atoms with Gasteiger partial charge in [0.25, 0.3) is 0 Å². The second-order valence-corrected chi connectivity index (χ2v) is 6.86. The monoisotopic (exact) mass is 365 g/mol. The van der Waals surface area contributed by atoms with Crippen molar-refractivity contribution in [2.45, 2.75) is 44.4 Å². The Balaban J connectivity index is 2.10. The molecular formula is C15H19BrF3NO. The van der Waals surface area contributed by atoms with E-state index in [0.717, 1.165) is 18.9 Å². The maximum Gasteiger partial charge on any atom is 0.418 e. The van der Waals surface area contributed by atoms with Crippen molar-refractivity contribution in [2.24, 2.45) is 5.92 Å². The van der Waals surface area contributed by atoms with Crippen LogP contribution in [0.1, 0.15) is 38.2 Å². The molecule has 2 N–H and O–H groups in total. The quantitative estimate of drug-likeness (QED) is 0.804. The van der Waals surface area contributed by atoms with Gasteiger partial charge in [-0.05, 0) is 49.8 Å². The lowest BCUT2D eigenvalue weighted by Gasteiger charge is -2.35. The summed E-state index contributed by atoms with van der Waals surface area (Å²) < 4.78 is 39.4. The topological polar surface area (TPSA) is 32.3 Å². The van der Waals surface area contributed by atoms with E-state index < -0.39 is 17.3 Å². The molecule has 0 unspecified atom stereocenters. The van der Waals surface area contributed by atoms with Crippen LogP contribution < -0.4 is 5.32 Å². The molecular weight excluding hydrogens is 347 g/mol. The van der Waals surface area contributed by atoms with Crippen molar-refractivity contribution in [1.29, 1.82) is 0 Å². The van der Waals surface area contributed by atoms with Gasteiger partial charge in [0.15, 0.2) is 0 Å². The van der Waals surface area contributed by atoms with Crippen LogP contribution in [0.25, 0.3) is 0 Å². The van der Waals surface area contributed by atoms with E-state index in [1.165, 1.54) is 6.07 Å². The third kappa shape index (κ3) is 4.36. The molecule has 1 aliphatic rings. The molecule has 0 atom stereocenters. The Morgan fingerprint density at radius 2 is 1.95 bits per heavy atom. The molecule has 6 heteroatoms. The fourth-order valence-electron chi connectivity index (χ4n) is 2.64. The summed E-state index contributed by atoms with van der Waals surface area (Å²) in [5.74, 6) is 0.573. The fourth-order valence-corrected chi connectivity index (χ4v) is 3.00. The van der Waals surface area contributed by atoms with E-state index in [4.69, 9.17) is 0 Å². The Morgan fingerprint density at radius 3 is 2.52 bits per heavy atom. The van der Waals surface area contributed by atoms with E-state index in [1.54, 1.807) is 6.07 Å². The molecule has 1 saturated carbocycles. The zero-order chi connectivity index (χ0) is 15.7. The number of halogens is 4. The first-order valence-corrected chi connectivity index (χ1v) is 7.82. The first-order chi connectivity index (χ1) is 9.70. The summed E-state index contributed by atoms with van der Waals surface area (Å²) in [7, 11) is 0. The van der Waals surface area contributed by atoms with Gasteiger partial charge in [-0.25, -0.2) is 0 Å². The van der Waals surface area contributed by atoms with Crippen LogP contribution in [0.4, 0.5) is 18.9 Å². The Bertz CT molecular complexity index is 496. The third-order valence-electron chi connectivity index (χ3n) is 4.10. The first kappa shape index (κ1) is 16.6. The van der Waals surface area contributed by atoms with Gasteiger partial charge in [0.05, 0.1) is 11.2 Å². The standard InChI is InChI=1S/C15H19BrF3NO/c1-10-4-6-14(21,7-5-10)9-20-13-3-2-11(16)8-12(13)15(17,18)19/h2-3,8,10,20-21H,4-7,9H2,1H3. The molecule has 0 amide bonds. The van der Waals surface area contributed by atoms with Gasteiger partial charge in [-0.15, -0.1) is 0 Å². The van der Waals surface area contributed by atoms with Gasteiger partial charge in [0.1, 0.15) is 0 Å². The molecule has 1 aliphatic carbocycles. The summed E-state index contributed by atoms with van der Waals surface area (Å²) in [4.78, 5) is 0. The highest BCUT2D eigenvalue weighted by Crippen LogP contribution is 2.37. The summed E-state index contributed by atoms with van der Waals surface area (Å²) in [6.45, 7) is 2.27. The predicted octanol–water partition coefficient (Wildman–Crippen LogP) is 4.82. The normalized spacial score (nSPS) is 26.7. The van der Waals surface area contributed by atoms with Gasteiger partial charge in [-0.3, -0.25) is 0 Å². The van der Waals surface area contributed by atoms with Crippen LogP contribution in [-0.2, 0) is 6.18 Å². The minimum Gasteiger partial charge on any atom is -0.388 e. The zero-order valence-corrected chi connectivity index (χ0v) is 13.4. The molecule has 0 aliphatic heterocycles. The molecule has 1 fully saturated rings. The number of anilines is 1. The number of hydrogen-bond acceptors (Lipinski definition) is 2. The van der Waals surface area contributed by atoms with Crippen LogP contribution in [0.3, 0.4) is 0 Å². The molecule has 0 spiro atoms. The number of benzene rings is 1. The van der Waals surface area contributed by atoms with E-state index in [-0.39, 0.29) is 12.2 Å². The lowest BCUT2D eigenvalue weighted by Crippen LogP contribution is -2.40. The van der Waals surface area contributed by atoms with Crippen molar-refractivity contribution in [3.8, 4) is 0 Å². The second kappa shape index (κ2) is 6.16. The molecule has 1 aromatic carbocycles. The molecule has 0 heterocycles. The fraction of sp³-hybridized carbons (Fsp3) is 0.600. The van der Waals surface area contributed by atoms with E-state index in [0.29, 0.717) is 23.2 Å². The second-order valence-electron chi connectivity index (χ2n) is 5.95. The van der Waals surface area contributed by atoms with E-state index >= 15 is 0 Å². The first-order valence-electron chi connectivity index (χ1n) is 7.03. The van der Waals surface area contributed by atoms with Crippen molar-refractivity contribution in [3.63, 3.8) is 0 Å². The highest BCUT2D eigenvalue weighted by atomic mass is 79.9. The molecule has 118 valence electrons. The van der Waals surface area contributed by atoms with Gasteiger partial charge in [0, 0.05) is 16.7 Å². The number of hydrogen-bond donors (Lipinski definition) is 2. The average molecular weight is 366 g/mol. The summed E-state index contributed by atoms with van der Waals surface area (Å²) in [5.41, 5.74) is -1.62. The maximum absolute atomic E-state index is 13.0. The summed E-state index contributed by atoms with van der Waals surface area (Å²) >= 11 is 3.06.